The van der Waals surface area contributed by atoms with Gasteiger partial charge in [-0.15, -0.1) is 0 Å². The number of hydrogen-bond donors (Lipinski definition) is 1. The molecule has 3 rings (SSSR count). The molecular formula is C22H27NO4. The summed E-state index contributed by atoms with van der Waals surface area (Å²) in [5, 5.41) is 0. The van der Waals surface area contributed by atoms with E-state index in [9.17, 15) is 4.79 Å². The van der Waals surface area contributed by atoms with Gasteiger partial charge in [-0.2, -0.15) is 0 Å². The third-order valence-electron chi connectivity index (χ3n) is 5.23. The van der Waals surface area contributed by atoms with Gasteiger partial charge in [0.1, 0.15) is 29.5 Å². The molecule has 2 aromatic carbocycles. The second-order valence-corrected chi connectivity index (χ2v) is 7.52. The van der Waals surface area contributed by atoms with E-state index in [0.29, 0.717) is 18.0 Å². The minimum absolute atomic E-state index is 0.306. The highest BCUT2D eigenvalue weighted by Crippen LogP contribution is 2.43. The Hall–Kier alpha value is -2.69. The summed E-state index contributed by atoms with van der Waals surface area (Å²) in [5.74, 6) is 2.01. The molecule has 0 spiro atoms. The zero-order valence-corrected chi connectivity index (χ0v) is 16.6. The first-order valence-electron chi connectivity index (χ1n) is 9.18. The highest BCUT2D eigenvalue weighted by molar-refractivity contribution is 5.72. The predicted molar refractivity (Wildman–Crippen MR) is 106 cm³/mol. The Morgan fingerprint density at radius 2 is 1.81 bits per heavy atom. The molecule has 1 atom stereocenters. The van der Waals surface area contributed by atoms with Crippen molar-refractivity contribution in [3.05, 3.63) is 46.5 Å². The molecule has 27 heavy (non-hydrogen) atoms. The van der Waals surface area contributed by atoms with E-state index >= 15 is 0 Å². The molecule has 5 nitrogen and oxygen atoms in total. The normalized spacial score (nSPS) is 18.4. The van der Waals surface area contributed by atoms with Gasteiger partial charge in [0.15, 0.2) is 0 Å². The van der Waals surface area contributed by atoms with Crippen molar-refractivity contribution in [1.29, 1.82) is 0 Å². The fourth-order valence-electron chi connectivity index (χ4n) is 3.48. The van der Waals surface area contributed by atoms with Gasteiger partial charge >= 0.3 is 5.97 Å². The van der Waals surface area contributed by atoms with Crippen molar-refractivity contribution in [1.82, 2.24) is 0 Å². The second-order valence-electron chi connectivity index (χ2n) is 7.52. The van der Waals surface area contributed by atoms with Crippen LogP contribution in [0, 0.1) is 20.8 Å². The number of carbonyl (C=O) groups excluding carboxylic acids is 1. The summed E-state index contributed by atoms with van der Waals surface area (Å²) in [5.41, 5.74) is 10.0. The van der Waals surface area contributed by atoms with E-state index in [1.165, 1.54) is 6.92 Å². The molecule has 1 heterocycles. The molecule has 0 saturated carbocycles. The minimum atomic E-state index is -0.430. The zero-order valence-electron chi connectivity index (χ0n) is 16.6. The summed E-state index contributed by atoms with van der Waals surface area (Å²) in [6.07, 6.45) is 1.66. The fourth-order valence-corrected chi connectivity index (χ4v) is 3.48. The highest BCUT2D eigenvalue weighted by Gasteiger charge is 2.35. The van der Waals surface area contributed by atoms with Crippen LogP contribution in [-0.2, 0) is 11.2 Å². The lowest BCUT2D eigenvalue weighted by atomic mass is 9.87. The van der Waals surface area contributed by atoms with Gasteiger partial charge in [0.25, 0.3) is 0 Å². The van der Waals surface area contributed by atoms with Crippen molar-refractivity contribution < 1.29 is 19.0 Å². The monoisotopic (exact) mass is 369 g/mol. The number of anilines is 1. The zero-order chi connectivity index (χ0) is 19.8. The first kappa shape index (κ1) is 19.1. The fraction of sp³-hybridized carbons (Fsp3) is 0.409. The number of benzene rings is 2. The molecule has 2 N–H and O–H groups in total. The van der Waals surface area contributed by atoms with Crippen molar-refractivity contribution in [2.45, 2.75) is 53.1 Å². The van der Waals surface area contributed by atoms with Crippen LogP contribution in [0.25, 0.3) is 0 Å². The van der Waals surface area contributed by atoms with Gasteiger partial charge in [0.05, 0.1) is 0 Å². The van der Waals surface area contributed by atoms with Crippen LogP contribution in [0.5, 0.6) is 17.2 Å². The Bertz CT molecular complexity index is 873. The number of rotatable bonds is 4. The molecule has 0 bridgehead atoms. The molecule has 0 amide bonds. The van der Waals surface area contributed by atoms with Gasteiger partial charge in [-0.25, -0.2) is 0 Å². The Labute approximate surface area is 160 Å². The average Bonchev–Trinajstić information content (AvgIpc) is 2.63. The Morgan fingerprint density at radius 3 is 2.44 bits per heavy atom. The molecule has 2 aromatic rings. The highest BCUT2D eigenvalue weighted by atomic mass is 16.5. The third-order valence-corrected chi connectivity index (χ3v) is 5.23. The van der Waals surface area contributed by atoms with Crippen molar-refractivity contribution in [3.63, 3.8) is 0 Å². The van der Waals surface area contributed by atoms with Gasteiger partial charge in [0, 0.05) is 18.2 Å². The average molecular weight is 369 g/mol. The van der Waals surface area contributed by atoms with Crippen molar-refractivity contribution >= 4 is 11.7 Å². The quantitative estimate of drug-likeness (QED) is 0.495. The van der Waals surface area contributed by atoms with Crippen LogP contribution in [0.2, 0.25) is 0 Å². The largest absolute Gasteiger partial charge is 0.489 e. The number of fused-ring (bicyclic) bond motifs is 1. The number of nitrogens with two attached hydrogens (primary N) is 1. The molecule has 0 fully saturated rings. The first-order valence-corrected chi connectivity index (χ1v) is 9.18. The molecular weight excluding hydrogens is 342 g/mol. The van der Waals surface area contributed by atoms with Crippen LogP contribution in [-0.4, -0.2) is 18.2 Å². The van der Waals surface area contributed by atoms with Crippen molar-refractivity contribution in [2.75, 3.05) is 12.3 Å². The molecule has 0 unspecified atom stereocenters. The summed E-state index contributed by atoms with van der Waals surface area (Å²) >= 11 is 0. The van der Waals surface area contributed by atoms with E-state index < -0.39 is 5.60 Å². The lowest BCUT2D eigenvalue weighted by Crippen LogP contribution is -2.42. The van der Waals surface area contributed by atoms with E-state index in [0.717, 1.165) is 46.6 Å². The molecule has 0 radical (unpaired) electrons. The third kappa shape index (κ3) is 3.87. The molecule has 0 aliphatic carbocycles. The first-order chi connectivity index (χ1) is 12.7. The van der Waals surface area contributed by atoms with E-state index in [1.807, 2.05) is 45.0 Å². The summed E-state index contributed by atoms with van der Waals surface area (Å²) in [4.78, 5) is 11.5. The van der Waals surface area contributed by atoms with Crippen LogP contribution in [0.15, 0.2) is 24.3 Å². The van der Waals surface area contributed by atoms with E-state index in [1.54, 1.807) is 0 Å². The lowest BCUT2D eigenvalue weighted by Gasteiger charge is -2.37. The van der Waals surface area contributed by atoms with Crippen LogP contribution < -0.4 is 19.9 Å². The maximum absolute atomic E-state index is 11.5. The smallest absolute Gasteiger partial charge is 0.308 e. The van der Waals surface area contributed by atoms with Gasteiger partial charge in [-0.1, -0.05) is 0 Å². The molecule has 5 heteroatoms. The molecule has 0 aromatic heterocycles. The minimum Gasteiger partial charge on any atom is -0.489 e. The Balaban J connectivity index is 1.84. The van der Waals surface area contributed by atoms with Crippen LogP contribution in [0.3, 0.4) is 0 Å². The molecule has 1 aliphatic heterocycles. The van der Waals surface area contributed by atoms with Gasteiger partial charge in [0.2, 0.25) is 0 Å². The Kier molecular flexibility index (Phi) is 5.05. The van der Waals surface area contributed by atoms with E-state index in [-0.39, 0.29) is 5.97 Å². The molecule has 1 aliphatic rings. The summed E-state index contributed by atoms with van der Waals surface area (Å²) in [6.45, 7) is 9.89. The van der Waals surface area contributed by atoms with Crippen molar-refractivity contribution in [3.8, 4) is 17.2 Å². The van der Waals surface area contributed by atoms with Crippen LogP contribution in [0.4, 0.5) is 5.69 Å². The number of nitrogen functional groups attached to an aromatic ring is 1. The predicted octanol–water partition coefficient (Wildman–Crippen LogP) is 4.28. The maximum Gasteiger partial charge on any atom is 0.308 e. The number of ether oxygens (including phenoxy) is 3. The maximum atomic E-state index is 11.5. The SMILES string of the molecule is CC(=O)Oc1c(C)c(C)c2c(c1C)CC[C@](C)(COc1ccc(N)cc1)O2. The summed E-state index contributed by atoms with van der Waals surface area (Å²) in [6, 6.07) is 7.37. The topological polar surface area (TPSA) is 70.8 Å². The van der Waals surface area contributed by atoms with Gasteiger partial charge < -0.3 is 19.9 Å². The summed E-state index contributed by atoms with van der Waals surface area (Å²) < 4.78 is 17.8. The second kappa shape index (κ2) is 7.14. The van der Waals surface area contributed by atoms with Crippen LogP contribution in [0.1, 0.15) is 42.5 Å². The van der Waals surface area contributed by atoms with E-state index in [4.69, 9.17) is 19.9 Å². The number of hydrogen-bond acceptors (Lipinski definition) is 5. The van der Waals surface area contributed by atoms with Gasteiger partial charge in [-0.05, 0) is 81.5 Å². The molecule has 0 saturated heterocycles. The van der Waals surface area contributed by atoms with Crippen LogP contribution >= 0.6 is 0 Å². The van der Waals surface area contributed by atoms with Gasteiger partial charge in [-0.3, -0.25) is 4.79 Å². The Morgan fingerprint density at radius 1 is 1.15 bits per heavy atom. The molecule has 144 valence electrons. The van der Waals surface area contributed by atoms with Crippen molar-refractivity contribution in [2.24, 2.45) is 0 Å². The summed E-state index contributed by atoms with van der Waals surface area (Å²) in [7, 11) is 0. The standard InChI is InChI=1S/C22H27NO4/c1-13-14(2)21-19(15(3)20(13)26-16(4)24)10-11-22(5,27-21)12-25-18-8-6-17(23)7-9-18/h6-9H,10-12,23H2,1-5H3/t22-/m1/s1. The van der Waals surface area contributed by atoms with E-state index in [2.05, 4.69) is 6.92 Å². The lowest BCUT2D eigenvalue weighted by molar-refractivity contribution is -0.132. The number of esters is 1. The number of carbonyl (C=O) groups is 1.